The van der Waals surface area contributed by atoms with Crippen molar-refractivity contribution in [3.63, 3.8) is 0 Å². The van der Waals surface area contributed by atoms with Crippen LogP contribution >= 0.6 is 7.60 Å². The van der Waals surface area contributed by atoms with Crippen LogP contribution in [0.25, 0.3) is 0 Å². The fraction of sp³-hybridized carbons (Fsp3) is 0.659. The van der Waals surface area contributed by atoms with E-state index >= 15 is 0 Å². The molecule has 9 heteroatoms. The van der Waals surface area contributed by atoms with Crippen molar-refractivity contribution in [2.24, 2.45) is 0 Å². The summed E-state index contributed by atoms with van der Waals surface area (Å²) in [6.07, 6.45) is 24.3. The van der Waals surface area contributed by atoms with Gasteiger partial charge in [0, 0.05) is 24.5 Å². The molecule has 1 atom stereocenters. The monoisotopic (exact) mass is 714 g/mol. The largest absolute Gasteiger partial charge is 0.493 e. The quantitative estimate of drug-likeness (QED) is 0.0613. The minimum Gasteiger partial charge on any atom is -0.493 e. The molecule has 0 bridgehead atoms. The second-order valence-electron chi connectivity index (χ2n) is 13.1. The van der Waals surface area contributed by atoms with Crippen molar-refractivity contribution in [3.8, 4) is 11.5 Å². The first-order chi connectivity index (χ1) is 24.4. The van der Waals surface area contributed by atoms with Gasteiger partial charge in [-0.1, -0.05) is 122 Å². The van der Waals surface area contributed by atoms with Crippen molar-refractivity contribution in [1.82, 2.24) is 10.3 Å². The Morgan fingerprint density at radius 1 is 0.740 bits per heavy atom. The number of nitrogens with zero attached hydrogens (tertiary/aromatic N) is 1. The minimum atomic E-state index is -3.40. The van der Waals surface area contributed by atoms with E-state index in [1.54, 1.807) is 26.1 Å². The van der Waals surface area contributed by atoms with Crippen LogP contribution in [0.2, 0.25) is 0 Å². The van der Waals surface area contributed by atoms with Crippen molar-refractivity contribution in [2.45, 2.75) is 156 Å². The summed E-state index contributed by atoms with van der Waals surface area (Å²) < 4.78 is 35.9. The third-order valence-corrected chi connectivity index (χ3v) is 10.3. The lowest BCUT2D eigenvalue weighted by Gasteiger charge is -2.18. The first-order valence-electron chi connectivity index (χ1n) is 19.6. The lowest BCUT2D eigenvalue weighted by molar-refractivity contribution is -0.121. The number of amides is 1. The van der Waals surface area contributed by atoms with Crippen molar-refractivity contribution < 1.29 is 27.9 Å². The molecule has 0 spiro atoms. The summed E-state index contributed by atoms with van der Waals surface area (Å²) in [7, 11) is -3.40. The second kappa shape index (κ2) is 28.0. The molecule has 0 saturated heterocycles. The van der Waals surface area contributed by atoms with Crippen LogP contribution in [0.4, 0.5) is 0 Å². The zero-order valence-corrected chi connectivity index (χ0v) is 32.6. The van der Waals surface area contributed by atoms with Gasteiger partial charge in [-0.15, -0.1) is 0 Å². The van der Waals surface area contributed by atoms with Gasteiger partial charge < -0.3 is 23.8 Å². The molecule has 1 aromatic heterocycles. The number of hydrogen-bond donors (Lipinski definition) is 1. The number of benzene rings is 1. The maximum atomic E-state index is 13.1. The summed E-state index contributed by atoms with van der Waals surface area (Å²) in [5.74, 6) is 3.01. The molecule has 1 amide bonds. The molecular weight excluding hydrogens is 647 g/mol. The van der Waals surface area contributed by atoms with E-state index in [0.717, 1.165) is 54.9 Å². The Kier molecular flexibility index (Phi) is 24.3. The van der Waals surface area contributed by atoms with Crippen LogP contribution in [0.5, 0.6) is 11.5 Å². The minimum absolute atomic E-state index is 0.00518. The van der Waals surface area contributed by atoms with E-state index in [1.807, 2.05) is 36.4 Å². The summed E-state index contributed by atoms with van der Waals surface area (Å²) in [6, 6.07) is 11.2. The van der Waals surface area contributed by atoms with E-state index in [4.69, 9.17) is 18.5 Å². The zero-order chi connectivity index (χ0) is 36.1. The summed E-state index contributed by atoms with van der Waals surface area (Å²) in [6.45, 7) is 9.58. The third kappa shape index (κ3) is 20.9. The van der Waals surface area contributed by atoms with Gasteiger partial charge >= 0.3 is 7.60 Å². The molecule has 0 aliphatic rings. The highest BCUT2D eigenvalue weighted by Crippen LogP contribution is 2.49. The Hall–Kier alpha value is -2.67. The standard InChI is InChI=1S/C41H67N2O6P/c1-5-9-11-12-13-14-15-16-17-18-19-20-21-23-41(44)43-37(29-32-50(45,48-7-3)49-8-4)33-36-24-26-39(27-25-36)47-35-38-34-40(28-30-42-38)46-31-22-10-6-2/h24-30,32,34,37H,5-23,31,33,35H2,1-4H3,(H,43,44)/t37-/m0/s1. The summed E-state index contributed by atoms with van der Waals surface area (Å²) >= 11 is 0. The molecule has 50 heavy (non-hydrogen) atoms. The van der Waals surface area contributed by atoms with Crippen LogP contribution in [-0.2, 0) is 31.4 Å². The van der Waals surface area contributed by atoms with Crippen LogP contribution in [-0.4, -0.2) is 36.8 Å². The van der Waals surface area contributed by atoms with Gasteiger partial charge in [0.2, 0.25) is 5.91 Å². The van der Waals surface area contributed by atoms with Crippen molar-refractivity contribution in [2.75, 3.05) is 19.8 Å². The Morgan fingerprint density at radius 3 is 1.92 bits per heavy atom. The maximum Gasteiger partial charge on any atom is 0.353 e. The number of nitrogens with one attached hydrogen (secondary N) is 1. The molecular formula is C41H67N2O6P. The van der Waals surface area contributed by atoms with Crippen LogP contribution in [0.3, 0.4) is 0 Å². The van der Waals surface area contributed by atoms with Gasteiger partial charge in [0.05, 0.1) is 31.6 Å². The van der Waals surface area contributed by atoms with Crippen LogP contribution in [0, 0.1) is 0 Å². The first kappa shape index (κ1) is 43.5. The van der Waals surface area contributed by atoms with E-state index in [9.17, 15) is 9.36 Å². The van der Waals surface area contributed by atoms with Gasteiger partial charge in [0.15, 0.2) is 0 Å². The molecule has 0 saturated carbocycles. The van der Waals surface area contributed by atoms with Gasteiger partial charge in [0.1, 0.15) is 18.1 Å². The molecule has 2 rings (SSSR count). The number of rotatable bonds is 31. The number of aromatic nitrogens is 1. The molecule has 2 aromatic rings. The summed E-state index contributed by atoms with van der Waals surface area (Å²) in [5, 5.41) is 3.14. The average Bonchev–Trinajstić information content (AvgIpc) is 3.11. The lowest BCUT2D eigenvalue weighted by atomic mass is 10.0. The van der Waals surface area contributed by atoms with Gasteiger partial charge in [-0.25, -0.2) is 0 Å². The molecule has 1 heterocycles. The highest BCUT2D eigenvalue weighted by atomic mass is 31.2. The second-order valence-corrected chi connectivity index (χ2v) is 15.0. The van der Waals surface area contributed by atoms with Crippen LogP contribution in [0.15, 0.2) is 54.5 Å². The first-order valence-corrected chi connectivity index (χ1v) is 21.2. The van der Waals surface area contributed by atoms with Gasteiger partial charge in [-0.2, -0.15) is 0 Å². The van der Waals surface area contributed by atoms with Crippen molar-refractivity contribution in [3.05, 3.63) is 65.7 Å². The predicted octanol–water partition coefficient (Wildman–Crippen LogP) is 11.5. The topological polar surface area (TPSA) is 96.0 Å². The Bertz CT molecular complexity index is 1210. The summed E-state index contributed by atoms with van der Waals surface area (Å²) in [5.41, 5.74) is 1.81. The SMILES string of the molecule is CCCCCCCCCCCCCCCC(=O)N[C@@H](C=CP(=O)(OCC)OCC)Cc1ccc(OCc2cc(OCCCCC)ccn2)cc1. The van der Waals surface area contributed by atoms with Gasteiger partial charge in [0.25, 0.3) is 0 Å². The fourth-order valence-corrected chi connectivity index (χ4v) is 7.13. The van der Waals surface area contributed by atoms with Crippen LogP contribution in [0.1, 0.15) is 148 Å². The molecule has 0 aliphatic carbocycles. The van der Waals surface area contributed by atoms with Crippen molar-refractivity contribution >= 4 is 13.5 Å². The molecule has 0 aliphatic heterocycles. The van der Waals surface area contributed by atoms with Crippen LogP contribution < -0.4 is 14.8 Å². The molecule has 1 aromatic carbocycles. The smallest absolute Gasteiger partial charge is 0.353 e. The third-order valence-electron chi connectivity index (χ3n) is 8.54. The van der Waals surface area contributed by atoms with E-state index in [-0.39, 0.29) is 25.2 Å². The Morgan fingerprint density at radius 2 is 1.32 bits per heavy atom. The van der Waals surface area contributed by atoms with E-state index in [2.05, 4.69) is 24.1 Å². The van der Waals surface area contributed by atoms with Crippen molar-refractivity contribution in [1.29, 1.82) is 0 Å². The fourth-order valence-electron chi connectivity index (χ4n) is 5.74. The molecule has 0 unspecified atom stereocenters. The van der Waals surface area contributed by atoms with E-state index in [0.29, 0.717) is 26.1 Å². The molecule has 8 nitrogen and oxygen atoms in total. The number of carbonyl (C=O) groups excluding carboxylic acids is 1. The maximum absolute atomic E-state index is 13.1. The Labute approximate surface area is 304 Å². The Balaban J connectivity index is 1.85. The normalized spacial score (nSPS) is 12.3. The highest BCUT2D eigenvalue weighted by Gasteiger charge is 2.21. The van der Waals surface area contributed by atoms with Gasteiger partial charge in [-0.05, 0) is 56.9 Å². The number of ether oxygens (including phenoxy) is 2. The van der Waals surface area contributed by atoms with E-state index in [1.165, 1.54) is 76.4 Å². The average molecular weight is 715 g/mol. The number of carbonyl (C=O) groups is 1. The van der Waals surface area contributed by atoms with Gasteiger partial charge in [-0.3, -0.25) is 14.3 Å². The molecule has 1 N–H and O–H groups in total. The predicted molar refractivity (Wildman–Crippen MR) is 206 cm³/mol. The van der Waals surface area contributed by atoms with E-state index < -0.39 is 7.60 Å². The zero-order valence-electron chi connectivity index (χ0n) is 31.7. The number of pyridine rings is 1. The summed E-state index contributed by atoms with van der Waals surface area (Å²) in [4.78, 5) is 17.4. The molecule has 0 radical (unpaired) electrons. The number of unbranched alkanes of at least 4 members (excludes halogenated alkanes) is 14. The molecule has 0 fully saturated rings. The number of hydrogen-bond acceptors (Lipinski definition) is 7. The molecule has 282 valence electrons. The highest BCUT2D eigenvalue weighted by molar-refractivity contribution is 7.57. The lowest BCUT2D eigenvalue weighted by Crippen LogP contribution is -2.34.